The molecule has 0 aliphatic rings. The van der Waals surface area contributed by atoms with E-state index in [9.17, 15) is 4.79 Å². The van der Waals surface area contributed by atoms with Gasteiger partial charge in [0, 0.05) is 6.42 Å². The van der Waals surface area contributed by atoms with Gasteiger partial charge in [0.05, 0.1) is 0 Å². The summed E-state index contributed by atoms with van der Waals surface area (Å²) < 4.78 is 0. The van der Waals surface area contributed by atoms with Crippen molar-refractivity contribution in [3.05, 3.63) is 23.8 Å². The monoisotopic (exact) mass is 190 g/mol. The van der Waals surface area contributed by atoms with E-state index in [0.717, 1.165) is 6.42 Å². The Bertz CT molecular complexity index is 352. The fourth-order valence-corrected chi connectivity index (χ4v) is 0.894. The Morgan fingerprint density at radius 3 is 2.71 bits per heavy atom. The molecule has 14 heavy (non-hydrogen) atoms. The molecule has 0 unspecified atom stereocenters. The van der Waals surface area contributed by atoms with Crippen LogP contribution in [0.25, 0.3) is 4.85 Å². The number of carbonyl (C=O) groups is 1. The smallest absolute Gasteiger partial charge is 0.371 e. The summed E-state index contributed by atoms with van der Waals surface area (Å²) in [5.74, 6) is 0.0187. The lowest BCUT2D eigenvalue weighted by Gasteiger charge is -2.00. The average molecular weight is 190 g/mol. The van der Waals surface area contributed by atoms with E-state index in [2.05, 4.69) is 20.1 Å². The molecule has 1 heterocycles. The van der Waals surface area contributed by atoms with Gasteiger partial charge in [-0.15, -0.1) is 6.57 Å². The van der Waals surface area contributed by atoms with Crippen molar-refractivity contribution in [2.24, 2.45) is 0 Å². The number of nitrogens with zero attached hydrogens (tertiary/aromatic N) is 3. The molecule has 1 aromatic heterocycles. The molecule has 1 rings (SSSR count). The van der Waals surface area contributed by atoms with E-state index in [4.69, 9.17) is 6.57 Å². The number of hydrogen-bond donors (Lipinski definition) is 1. The predicted octanol–water partition coefficient (Wildman–Crippen LogP) is 1.77. The van der Waals surface area contributed by atoms with Crippen LogP contribution in [0.1, 0.15) is 19.8 Å². The summed E-state index contributed by atoms with van der Waals surface area (Å²) in [7, 11) is 0. The average Bonchev–Trinajstić information content (AvgIpc) is 2.19. The number of anilines is 1. The van der Waals surface area contributed by atoms with Gasteiger partial charge in [0.25, 0.3) is 0 Å². The van der Waals surface area contributed by atoms with Gasteiger partial charge in [-0.3, -0.25) is 4.79 Å². The summed E-state index contributed by atoms with van der Waals surface area (Å²) in [6.07, 6.45) is 4.12. The SMILES string of the molecule is [C-]#[N+]c1ncc(NC(=O)CCC)cn1. The normalized spacial score (nSPS) is 9.14. The summed E-state index contributed by atoms with van der Waals surface area (Å²) >= 11 is 0. The molecular formula is C9H10N4O. The van der Waals surface area contributed by atoms with E-state index in [0.29, 0.717) is 12.1 Å². The molecule has 0 aliphatic heterocycles. The van der Waals surface area contributed by atoms with Crippen LogP contribution in [-0.2, 0) is 4.79 Å². The zero-order chi connectivity index (χ0) is 10.4. The van der Waals surface area contributed by atoms with Crippen LogP contribution in [0.4, 0.5) is 11.6 Å². The number of hydrogen-bond acceptors (Lipinski definition) is 3. The Hall–Kier alpha value is -1.96. The van der Waals surface area contributed by atoms with Crippen LogP contribution in [0.3, 0.4) is 0 Å². The first-order valence-electron chi connectivity index (χ1n) is 4.25. The van der Waals surface area contributed by atoms with Crippen LogP contribution in [0, 0.1) is 6.57 Å². The van der Waals surface area contributed by atoms with Crippen molar-refractivity contribution in [2.45, 2.75) is 19.8 Å². The molecule has 0 saturated heterocycles. The topological polar surface area (TPSA) is 59.2 Å². The Kier molecular flexibility index (Phi) is 3.56. The third kappa shape index (κ3) is 2.83. The molecular weight excluding hydrogens is 180 g/mol. The van der Waals surface area contributed by atoms with Crippen molar-refractivity contribution in [3.63, 3.8) is 0 Å². The molecule has 5 heteroatoms. The molecule has 0 aliphatic carbocycles. The summed E-state index contributed by atoms with van der Waals surface area (Å²) in [5, 5.41) is 2.63. The van der Waals surface area contributed by atoms with Crippen LogP contribution < -0.4 is 5.32 Å². The summed E-state index contributed by atoms with van der Waals surface area (Å²) in [5.41, 5.74) is 0.524. The Balaban J connectivity index is 2.61. The maximum atomic E-state index is 11.1. The fraction of sp³-hybridized carbons (Fsp3) is 0.333. The van der Waals surface area contributed by atoms with Crippen LogP contribution >= 0.6 is 0 Å². The molecule has 0 fully saturated rings. The minimum atomic E-state index is -0.0633. The largest absolute Gasteiger partial charge is 0.394 e. The lowest BCUT2D eigenvalue weighted by molar-refractivity contribution is -0.116. The molecule has 0 saturated carbocycles. The van der Waals surface area contributed by atoms with Crippen molar-refractivity contribution in [1.29, 1.82) is 0 Å². The van der Waals surface area contributed by atoms with Crippen molar-refractivity contribution < 1.29 is 4.79 Å². The second-order valence-electron chi connectivity index (χ2n) is 2.68. The maximum Gasteiger partial charge on any atom is 0.371 e. The first-order valence-corrected chi connectivity index (χ1v) is 4.25. The number of nitrogens with one attached hydrogen (secondary N) is 1. The van der Waals surface area contributed by atoms with E-state index >= 15 is 0 Å². The van der Waals surface area contributed by atoms with Gasteiger partial charge < -0.3 is 10.2 Å². The summed E-state index contributed by atoms with van der Waals surface area (Å²) in [6.45, 7) is 8.56. The van der Waals surface area contributed by atoms with Crippen molar-refractivity contribution in [3.8, 4) is 0 Å². The van der Waals surface area contributed by atoms with Gasteiger partial charge in [0.2, 0.25) is 5.91 Å². The first-order chi connectivity index (χ1) is 6.76. The molecule has 1 amide bonds. The van der Waals surface area contributed by atoms with Gasteiger partial charge in [-0.25, -0.2) is 0 Å². The molecule has 0 atom stereocenters. The summed E-state index contributed by atoms with van der Waals surface area (Å²) in [6, 6.07) is 0. The minimum Gasteiger partial charge on any atom is -0.394 e. The second kappa shape index (κ2) is 4.92. The zero-order valence-corrected chi connectivity index (χ0v) is 7.82. The number of carbonyl (C=O) groups excluding carboxylic acids is 1. The molecule has 0 spiro atoms. The molecule has 1 N–H and O–H groups in total. The standard InChI is InChI=1S/C9H10N4O/c1-3-4-8(14)13-7-5-11-9(10-2)12-6-7/h5-6H,3-4H2,1H3,(H,13,14). The zero-order valence-electron chi connectivity index (χ0n) is 7.82. The maximum absolute atomic E-state index is 11.1. The second-order valence-corrected chi connectivity index (χ2v) is 2.68. The van der Waals surface area contributed by atoms with E-state index in [1.807, 2.05) is 6.92 Å². The highest BCUT2D eigenvalue weighted by atomic mass is 16.1. The quantitative estimate of drug-likeness (QED) is 0.739. The minimum absolute atomic E-state index is 0.0633. The Labute approximate surface area is 82.0 Å². The van der Waals surface area contributed by atoms with Crippen molar-refractivity contribution in [2.75, 3.05) is 5.32 Å². The number of rotatable bonds is 3. The Morgan fingerprint density at radius 1 is 1.57 bits per heavy atom. The van der Waals surface area contributed by atoms with Gasteiger partial charge >= 0.3 is 5.95 Å². The van der Waals surface area contributed by atoms with Crippen LogP contribution in [-0.4, -0.2) is 15.9 Å². The highest BCUT2D eigenvalue weighted by Gasteiger charge is 2.03. The van der Waals surface area contributed by atoms with Crippen molar-refractivity contribution in [1.82, 2.24) is 9.97 Å². The van der Waals surface area contributed by atoms with E-state index in [1.54, 1.807) is 0 Å². The highest BCUT2D eigenvalue weighted by Crippen LogP contribution is 2.07. The molecule has 0 bridgehead atoms. The lowest BCUT2D eigenvalue weighted by Crippen LogP contribution is -2.10. The predicted molar refractivity (Wildman–Crippen MR) is 51.8 cm³/mol. The fourth-order valence-electron chi connectivity index (χ4n) is 0.894. The van der Waals surface area contributed by atoms with Gasteiger partial charge in [0.1, 0.15) is 18.1 Å². The first kappa shape index (κ1) is 10.1. The van der Waals surface area contributed by atoms with Gasteiger partial charge in [-0.05, 0) is 6.42 Å². The third-order valence-electron chi connectivity index (χ3n) is 1.50. The molecule has 0 aromatic carbocycles. The van der Waals surface area contributed by atoms with Crippen LogP contribution in [0.15, 0.2) is 12.4 Å². The van der Waals surface area contributed by atoms with Crippen molar-refractivity contribution >= 4 is 17.5 Å². The molecule has 1 aromatic rings. The van der Waals surface area contributed by atoms with E-state index in [1.165, 1.54) is 12.4 Å². The third-order valence-corrected chi connectivity index (χ3v) is 1.50. The van der Waals surface area contributed by atoms with Gasteiger partial charge in [0.15, 0.2) is 0 Å². The van der Waals surface area contributed by atoms with Gasteiger partial charge in [-0.2, -0.15) is 9.97 Å². The van der Waals surface area contributed by atoms with Gasteiger partial charge in [-0.1, -0.05) is 6.92 Å². The van der Waals surface area contributed by atoms with Crippen LogP contribution in [0.5, 0.6) is 0 Å². The molecule has 72 valence electrons. The Morgan fingerprint density at radius 2 is 2.21 bits per heavy atom. The highest BCUT2D eigenvalue weighted by molar-refractivity contribution is 5.90. The summed E-state index contributed by atoms with van der Waals surface area (Å²) in [4.78, 5) is 21.6. The molecule has 0 radical (unpaired) electrons. The lowest BCUT2D eigenvalue weighted by atomic mass is 10.3. The van der Waals surface area contributed by atoms with Crippen LogP contribution in [0.2, 0.25) is 0 Å². The number of amides is 1. The molecule has 5 nitrogen and oxygen atoms in total. The van der Waals surface area contributed by atoms with E-state index < -0.39 is 0 Å². The number of aromatic nitrogens is 2. The van der Waals surface area contributed by atoms with E-state index in [-0.39, 0.29) is 11.9 Å².